The third kappa shape index (κ3) is 4.46. The minimum Gasteiger partial charge on any atom is -0.297 e. The highest BCUT2D eigenvalue weighted by Gasteiger charge is 2.33. The van der Waals surface area contributed by atoms with Gasteiger partial charge in [0.25, 0.3) is 5.56 Å². The van der Waals surface area contributed by atoms with Crippen LogP contribution in [-0.4, -0.2) is 71.5 Å². The van der Waals surface area contributed by atoms with Crippen LogP contribution < -0.4 is 5.56 Å². The molecule has 8 nitrogen and oxygen atoms in total. The van der Waals surface area contributed by atoms with Crippen LogP contribution in [0.5, 0.6) is 0 Å². The molecule has 2 aliphatic heterocycles. The summed E-state index contributed by atoms with van der Waals surface area (Å²) < 4.78 is 25.1. The Bertz CT molecular complexity index is 1370. The number of thiophene rings is 1. The minimum absolute atomic E-state index is 0.0406. The summed E-state index contributed by atoms with van der Waals surface area (Å²) in [7, 11) is -2.90. The molecule has 1 unspecified atom stereocenters. The lowest BCUT2D eigenvalue weighted by Crippen LogP contribution is -2.50. The van der Waals surface area contributed by atoms with E-state index in [0.717, 1.165) is 37.3 Å². The van der Waals surface area contributed by atoms with E-state index >= 15 is 0 Å². The molecule has 2 aliphatic rings. The predicted octanol–water partition coefficient (Wildman–Crippen LogP) is 1.95. The normalized spacial score (nSPS) is 21.4. The van der Waals surface area contributed by atoms with Gasteiger partial charge in [-0.05, 0) is 12.0 Å². The molecule has 172 valence electrons. The number of nitriles is 1. The Hall–Kier alpha value is -2.58. The average molecular weight is 484 g/mol. The van der Waals surface area contributed by atoms with Crippen molar-refractivity contribution in [1.29, 1.82) is 5.26 Å². The molecule has 2 aromatic heterocycles. The maximum Gasteiger partial charge on any atom is 0.263 e. The molecule has 1 atom stereocenters. The zero-order valence-electron chi connectivity index (χ0n) is 18.2. The van der Waals surface area contributed by atoms with Crippen LogP contribution in [0, 0.1) is 11.3 Å². The second kappa shape index (κ2) is 8.99. The van der Waals surface area contributed by atoms with Gasteiger partial charge in [0.05, 0.1) is 29.5 Å². The number of rotatable bonds is 5. The summed E-state index contributed by atoms with van der Waals surface area (Å²) in [6, 6.07) is 12.0. The Labute approximate surface area is 196 Å². The van der Waals surface area contributed by atoms with Crippen LogP contribution in [0.1, 0.15) is 12.2 Å². The highest BCUT2D eigenvalue weighted by Crippen LogP contribution is 2.31. The van der Waals surface area contributed by atoms with Gasteiger partial charge < -0.3 is 0 Å². The van der Waals surface area contributed by atoms with Crippen molar-refractivity contribution in [1.82, 2.24) is 19.4 Å². The van der Waals surface area contributed by atoms with E-state index in [1.165, 1.54) is 15.9 Å². The molecule has 2 saturated heterocycles. The van der Waals surface area contributed by atoms with Crippen LogP contribution in [0.3, 0.4) is 0 Å². The fourth-order valence-corrected chi connectivity index (χ4v) is 7.52. The second-order valence-corrected chi connectivity index (χ2v) is 11.7. The van der Waals surface area contributed by atoms with Crippen molar-refractivity contribution < 1.29 is 8.42 Å². The Morgan fingerprint density at radius 1 is 1.15 bits per heavy atom. The molecule has 2 fully saturated rings. The molecule has 0 N–H and O–H groups in total. The fraction of sp³-hybridized carbons (Fsp3) is 0.435. The molecule has 4 heterocycles. The van der Waals surface area contributed by atoms with Gasteiger partial charge in [-0.2, -0.15) is 5.26 Å². The maximum atomic E-state index is 13.4. The number of piperazine rings is 1. The highest BCUT2D eigenvalue weighted by molar-refractivity contribution is 7.91. The molecule has 33 heavy (non-hydrogen) atoms. The number of hydrogen-bond acceptors (Lipinski definition) is 8. The maximum absolute atomic E-state index is 13.4. The van der Waals surface area contributed by atoms with Gasteiger partial charge in [-0.3, -0.25) is 19.2 Å². The van der Waals surface area contributed by atoms with Crippen molar-refractivity contribution in [3.63, 3.8) is 0 Å². The number of aromatic nitrogens is 2. The quantitative estimate of drug-likeness (QED) is 0.547. The molecule has 0 radical (unpaired) electrons. The second-order valence-electron chi connectivity index (χ2n) is 8.64. The zero-order chi connectivity index (χ0) is 23.0. The van der Waals surface area contributed by atoms with E-state index in [1.807, 2.05) is 35.7 Å². The first-order valence-corrected chi connectivity index (χ1v) is 13.8. The molecule has 0 spiro atoms. The van der Waals surface area contributed by atoms with Crippen LogP contribution in [-0.2, 0) is 22.9 Å². The standard InChI is InChI=1S/C23H25N5O3S2/c24-7-8-28-20(14-26-9-11-27(12-10-26)18-6-13-33(30,31)16-18)25-22-21(23(28)29)19(15-32-22)17-4-2-1-3-5-17/h1-5,15,18H,6,8-14,16H2. The van der Waals surface area contributed by atoms with E-state index in [4.69, 9.17) is 4.98 Å². The first kappa shape index (κ1) is 22.2. The van der Waals surface area contributed by atoms with Crippen molar-refractivity contribution in [3.8, 4) is 17.2 Å². The predicted molar refractivity (Wildman–Crippen MR) is 129 cm³/mol. The van der Waals surface area contributed by atoms with E-state index in [2.05, 4.69) is 15.9 Å². The van der Waals surface area contributed by atoms with Crippen molar-refractivity contribution >= 4 is 31.4 Å². The summed E-state index contributed by atoms with van der Waals surface area (Å²) in [6.45, 7) is 3.58. The minimum atomic E-state index is -2.90. The molecule has 0 saturated carbocycles. The van der Waals surface area contributed by atoms with Crippen LogP contribution in [0.25, 0.3) is 21.3 Å². The van der Waals surface area contributed by atoms with Crippen LogP contribution in [0.4, 0.5) is 0 Å². The number of fused-ring (bicyclic) bond motifs is 1. The third-order valence-corrected chi connectivity index (χ3v) is 9.21. The SMILES string of the molecule is N#CCn1c(CN2CCN(C3CCS(=O)(=O)C3)CC2)nc2scc(-c3ccccc3)c2c1=O. The Morgan fingerprint density at radius 2 is 1.91 bits per heavy atom. The first-order chi connectivity index (χ1) is 15.9. The van der Waals surface area contributed by atoms with Gasteiger partial charge in [-0.15, -0.1) is 11.3 Å². The smallest absolute Gasteiger partial charge is 0.263 e. The molecular weight excluding hydrogens is 458 g/mol. The summed E-state index contributed by atoms with van der Waals surface area (Å²) in [4.78, 5) is 23.4. The lowest BCUT2D eigenvalue weighted by atomic mass is 10.1. The average Bonchev–Trinajstić information content (AvgIpc) is 3.40. The van der Waals surface area contributed by atoms with E-state index in [1.54, 1.807) is 0 Å². The first-order valence-electron chi connectivity index (χ1n) is 11.1. The van der Waals surface area contributed by atoms with Gasteiger partial charge >= 0.3 is 0 Å². The van der Waals surface area contributed by atoms with E-state index in [9.17, 15) is 18.5 Å². The fourth-order valence-electron chi connectivity index (χ4n) is 4.80. The highest BCUT2D eigenvalue weighted by atomic mass is 32.2. The number of benzene rings is 1. The zero-order valence-corrected chi connectivity index (χ0v) is 19.8. The summed E-state index contributed by atoms with van der Waals surface area (Å²) >= 11 is 1.45. The molecule has 0 amide bonds. The molecular formula is C23H25N5O3S2. The molecule has 10 heteroatoms. The van der Waals surface area contributed by atoms with Crippen LogP contribution in [0.15, 0.2) is 40.5 Å². The van der Waals surface area contributed by atoms with E-state index in [0.29, 0.717) is 29.0 Å². The van der Waals surface area contributed by atoms with Crippen LogP contribution >= 0.6 is 11.3 Å². The summed E-state index contributed by atoms with van der Waals surface area (Å²) in [5.41, 5.74) is 1.64. The number of hydrogen-bond donors (Lipinski definition) is 0. The molecule has 5 rings (SSSR count). The molecule has 0 aliphatic carbocycles. The van der Waals surface area contributed by atoms with Gasteiger partial charge in [0.2, 0.25) is 0 Å². The number of nitrogens with zero attached hydrogens (tertiary/aromatic N) is 5. The van der Waals surface area contributed by atoms with Gasteiger partial charge in [-0.1, -0.05) is 30.3 Å². The van der Waals surface area contributed by atoms with E-state index in [-0.39, 0.29) is 29.7 Å². The van der Waals surface area contributed by atoms with Gasteiger partial charge in [0.1, 0.15) is 17.2 Å². The third-order valence-electron chi connectivity index (χ3n) is 6.58. The monoisotopic (exact) mass is 483 g/mol. The van der Waals surface area contributed by atoms with Crippen molar-refractivity contribution in [2.24, 2.45) is 0 Å². The topological polar surface area (TPSA) is 99.3 Å². The van der Waals surface area contributed by atoms with Crippen molar-refractivity contribution in [2.45, 2.75) is 25.6 Å². The Balaban J connectivity index is 1.38. The molecule has 3 aromatic rings. The molecule has 0 bridgehead atoms. The van der Waals surface area contributed by atoms with Crippen molar-refractivity contribution in [3.05, 3.63) is 51.9 Å². The van der Waals surface area contributed by atoms with Crippen molar-refractivity contribution in [2.75, 3.05) is 37.7 Å². The van der Waals surface area contributed by atoms with Crippen LogP contribution in [0.2, 0.25) is 0 Å². The van der Waals surface area contributed by atoms with Gasteiger partial charge in [0.15, 0.2) is 9.84 Å². The van der Waals surface area contributed by atoms with E-state index < -0.39 is 9.84 Å². The largest absolute Gasteiger partial charge is 0.297 e. The lowest BCUT2D eigenvalue weighted by molar-refractivity contribution is 0.0975. The van der Waals surface area contributed by atoms with Gasteiger partial charge in [-0.25, -0.2) is 13.4 Å². The number of sulfone groups is 1. The summed E-state index contributed by atoms with van der Waals surface area (Å²) in [6.07, 6.45) is 0.713. The Morgan fingerprint density at radius 3 is 2.58 bits per heavy atom. The Kier molecular flexibility index (Phi) is 6.05. The molecule has 1 aromatic carbocycles. The summed E-state index contributed by atoms with van der Waals surface area (Å²) in [5, 5.41) is 11.9. The summed E-state index contributed by atoms with van der Waals surface area (Å²) in [5.74, 6) is 1.15. The lowest BCUT2D eigenvalue weighted by Gasteiger charge is -2.37. The van der Waals surface area contributed by atoms with Gasteiger partial charge in [0, 0.05) is 43.2 Å².